The van der Waals surface area contributed by atoms with Crippen molar-refractivity contribution in [2.24, 2.45) is 4.99 Å². The van der Waals surface area contributed by atoms with Gasteiger partial charge in [-0.25, -0.2) is 0 Å². The molecule has 1 aromatic carbocycles. The first-order valence-corrected chi connectivity index (χ1v) is 8.29. The molecule has 2 heterocycles. The number of nitrogens with zero attached hydrogens (tertiary/aromatic N) is 5. The van der Waals surface area contributed by atoms with Crippen molar-refractivity contribution in [2.45, 2.75) is 13.5 Å². The van der Waals surface area contributed by atoms with E-state index in [9.17, 15) is 0 Å². The molecule has 0 saturated carbocycles. The first kappa shape index (κ1) is 19.8. The fraction of sp³-hybridized carbons (Fsp3) is 0.438. The van der Waals surface area contributed by atoms with Gasteiger partial charge in [0, 0.05) is 50.9 Å². The largest absolute Gasteiger partial charge is 0.368 e. The van der Waals surface area contributed by atoms with Crippen molar-refractivity contribution in [2.75, 3.05) is 38.1 Å². The van der Waals surface area contributed by atoms with E-state index >= 15 is 0 Å². The van der Waals surface area contributed by atoms with Crippen LogP contribution in [0.1, 0.15) is 11.7 Å². The highest BCUT2D eigenvalue weighted by molar-refractivity contribution is 14.0. The molecule has 0 aliphatic carbocycles. The summed E-state index contributed by atoms with van der Waals surface area (Å²) in [6, 6.07) is 7.97. The van der Waals surface area contributed by atoms with Crippen LogP contribution < -0.4 is 10.2 Å². The third-order valence-electron chi connectivity index (χ3n) is 3.94. The average molecular weight is 477 g/mol. The molecule has 1 aliphatic heterocycles. The first-order chi connectivity index (χ1) is 11.7. The van der Waals surface area contributed by atoms with Gasteiger partial charge in [0.15, 0.2) is 11.8 Å². The van der Waals surface area contributed by atoms with E-state index in [4.69, 9.17) is 16.1 Å². The second-order valence-electron chi connectivity index (χ2n) is 5.58. The van der Waals surface area contributed by atoms with Crippen molar-refractivity contribution in [3.8, 4) is 0 Å². The van der Waals surface area contributed by atoms with Crippen LogP contribution in [0.15, 0.2) is 33.8 Å². The third-order valence-corrected chi connectivity index (χ3v) is 4.17. The monoisotopic (exact) mass is 476 g/mol. The molecule has 0 atom stereocenters. The lowest BCUT2D eigenvalue weighted by Crippen LogP contribution is -2.52. The lowest BCUT2D eigenvalue weighted by atomic mass is 10.2. The number of guanidine groups is 1. The molecule has 1 fully saturated rings. The summed E-state index contributed by atoms with van der Waals surface area (Å²) in [7, 11) is 1.78. The quantitative estimate of drug-likeness (QED) is 0.417. The maximum atomic E-state index is 6.08. The fourth-order valence-electron chi connectivity index (χ4n) is 2.75. The van der Waals surface area contributed by atoms with Gasteiger partial charge in [-0.15, -0.1) is 24.0 Å². The summed E-state index contributed by atoms with van der Waals surface area (Å²) < 4.78 is 4.98. The highest BCUT2D eigenvalue weighted by Gasteiger charge is 2.20. The SMILES string of the molecule is CN=C(NCc1noc(C)n1)N1CCN(c2cccc(Cl)c2)CC1.I. The van der Waals surface area contributed by atoms with E-state index in [0.717, 1.165) is 42.8 Å². The molecule has 1 N–H and O–H groups in total. The van der Waals surface area contributed by atoms with Crippen molar-refractivity contribution in [3.05, 3.63) is 41.0 Å². The van der Waals surface area contributed by atoms with Gasteiger partial charge < -0.3 is 19.6 Å². The van der Waals surface area contributed by atoms with Crippen molar-refractivity contribution in [1.82, 2.24) is 20.4 Å². The van der Waals surface area contributed by atoms with E-state index in [1.54, 1.807) is 14.0 Å². The molecule has 1 aliphatic rings. The van der Waals surface area contributed by atoms with Crippen LogP contribution in [0.3, 0.4) is 0 Å². The number of aromatic nitrogens is 2. The zero-order valence-corrected chi connectivity index (χ0v) is 17.4. The Labute approximate surface area is 169 Å². The van der Waals surface area contributed by atoms with E-state index in [2.05, 4.69) is 36.3 Å². The normalized spacial score (nSPS) is 15.1. The van der Waals surface area contributed by atoms with Gasteiger partial charge >= 0.3 is 0 Å². The maximum absolute atomic E-state index is 6.08. The number of benzene rings is 1. The Morgan fingerprint density at radius 2 is 2.08 bits per heavy atom. The summed E-state index contributed by atoms with van der Waals surface area (Å²) in [6.07, 6.45) is 0. The zero-order chi connectivity index (χ0) is 16.9. The predicted molar refractivity (Wildman–Crippen MR) is 110 cm³/mol. The Kier molecular flexibility index (Phi) is 7.30. The Morgan fingerprint density at radius 1 is 1.32 bits per heavy atom. The summed E-state index contributed by atoms with van der Waals surface area (Å²) in [4.78, 5) is 13.1. The molecule has 0 unspecified atom stereocenters. The molecule has 7 nitrogen and oxygen atoms in total. The van der Waals surface area contributed by atoms with Gasteiger partial charge in [0.25, 0.3) is 0 Å². The lowest BCUT2D eigenvalue weighted by Gasteiger charge is -2.37. The van der Waals surface area contributed by atoms with Crippen LogP contribution in [0.5, 0.6) is 0 Å². The van der Waals surface area contributed by atoms with Crippen molar-refractivity contribution < 1.29 is 4.52 Å². The first-order valence-electron chi connectivity index (χ1n) is 7.91. The van der Waals surface area contributed by atoms with Crippen LogP contribution >= 0.6 is 35.6 Å². The Morgan fingerprint density at radius 3 is 2.68 bits per heavy atom. The molecule has 136 valence electrons. The van der Waals surface area contributed by atoms with Crippen LogP contribution in [-0.2, 0) is 6.54 Å². The number of hydrogen-bond acceptors (Lipinski definition) is 5. The second kappa shape index (κ2) is 9.23. The van der Waals surface area contributed by atoms with E-state index < -0.39 is 0 Å². The van der Waals surface area contributed by atoms with Gasteiger partial charge in [-0.3, -0.25) is 4.99 Å². The third kappa shape index (κ3) is 5.21. The van der Waals surface area contributed by atoms with Gasteiger partial charge in [0.05, 0.1) is 6.54 Å². The van der Waals surface area contributed by atoms with Crippen LogP contribution in [-0.4, -0.2) is 54.2 Å². The fourth-order valence-corrected chi connectivity index (χ4v) is 2.94. The number of rotatable bonds is 3. The standard InChI is InChI=1S/C16H21ClN6O.HI/c1-12-20-15(21-24-12)11-19-16(18-2)23-8-6-22(7-9-23)14-5-3-4-13(17)10-14;/h3-5,10H,6-9,11H2,1-2H3,(H,18,19);1H. The molecule has 25 heavy (non-hydrogen) atoms. The average Bonchev–Trinajstić information content (AvgIpc) is 3.01. The topological polar surface area (TPSA) is 69.8 Å². The summed E-state index contributed by atoms with van der Waals surface area (Å²) in [5.41, 5.74) is 1.16. The molecule has 3 rings (SSSR count). The molecular weight excluding hydrogens is 455 g/mol. The Hall–Kier alpha value is -1.55. The number of nitrogens with one attached hydrogen (secondary N) is 1. The van der Waals surface area contributed by atoms with Crippen LogP contribution in [0.25, 0.3) is 0 Å². The van der Waals surface area contributed by atoms with Gasteiger partial charge in [-0.2, -0.15) is 4.98 Å². The minimum Gasteiger partial charge on any atom is -0.368 e. The van der Waals surface area contributed by atoms with Gasteiger partial charge in [0.2, 0.25) is 5.89 Å². The van der Waals surface area contributed by atoms with Gasteiger partial charge in [-0.05, 0) is 18.2 Å². The Bertz CT molecular complexity index is 714. The predicted octanol–water partition coefficient (Wildman–Crippen LogP) is 2.55. The number of halogens is 2. The van der Waals surface area contributed by atoms with Gasteiger partial charge in [0.1, 0.15) is 0 Å². The number of aryl methyl sites for hydroxylation is 1. The summed E-state index contributed by atoms with van der Waals surface area (Å²) in [5.74, 6) is 2.05. The van der Waals surface area contributed by atoms with Crippen LogP contribution in [0.4, 0.5) is 5.69 Å². The second-order valence-corrected chi connectivity index (χ2v) is 6.02. The molecule has 9 heteroatoms. The minimum atomic E-state index is 0. The van der Waals surface area contributed by atoms with Crippen LogP contribution in [0, 0.1) is 6.92 Å². The number of hydrogen-bond donors (Lipinski definition) is 1. The van der Waals surface area contributed by atoms with Crippen molar-refractivity contribution in [3.63, 3.8) is 0 Å². The lowest BCUT2D eigenvalue weighted by molar-refractivity contribution is 0.369. The highest BCUT2D eigenvalue weighted by Crippen LogP contribution is 2.20. The number of aliphatic imine (C=N–C) groups is 1. The van der Waals surface area contributed by atoms with E-state index in [0.29, 0.717) is 18.3 Å². The maximum Gasteiger partial charge on any atom is 0.223 e. The van der Waals surface area contributed by atoms with Gasteiger partial charge in [-0.1, -0.05) is 22.8 Å². The molecular formula is C16H22ClIN6O. The Balaban J connectivity index is 0.00000225. The molecule has 0 spiro atoms. The zero-order valence-electron chi connectivity index (χ0n) is 14.3. The molecule has 0 bridgehead atoms. The van der Waals surface area contributed by atoms with Crippen molar-refractivity contribution >= 4 is 47.2 Å². The number of piperazine rings is 1. The van der Waals surface area contributed by atoms with Crippen molar-refractivity contribution in [1.29, 1.82) is 0 Å². The summed E-state index contributed by atoms with van der Waals surface area (Å²) in [5, 5.41) is 7.93. The molecule has 0 amide bonds. The van der Waals surface area contributed by atoms with E-state index in [-0.39, 0.29) is 24.0 Å². The summed E-state index contributed by atoms with van der Waals surface area (Å²) >= 11 is 6.08. The van der Waals surface area contributed by atoms with E-state index in [1.807, 2.05) is 18.2 Å². The highest BCUT2D eigenvalue weighted by atomic mass is 127. The molecule has 2 aromatic rings. The van der Waals surface area contributed by atoms with Crippen LogP contribution in [0.2, 0.25) is 5.02 Å². The molecule has 1 saturated heterocycles. The molecule has 1 aromatic heterocycles. The minimum absolute atomic E-state index is 0. The van der Waals surface area contributed by atoms with E-state index in [1.165, 1.54) is 0 Å². The summed E-state index contributed by atoms with van der Waals surface area (Å²) in [6.45, 7) is 5.89. The smallest absolute Gasteiger partial charge is 0.223 e. The number of anilines is 1. The molecule has 0 radical (unpaired) electrons.